The first-order chi connectivity index (χ1) is 13.1. The van der Waals surface area contributed by atoms with Crippen LogP contribution in [0.3, 0.4) is 0 Å². The van der Waals surface area contributed by atoms with Crippen molar-refractivity contribution in [1.29, 1.82) is 0 Å². The summed E-state index contributed by atoms with van der Waals surface area (Å²) in [5, 5.41) is 7.60. The molecular formula is C21H20N2O3S. The minimum absolute atomic E-state index is 0.205. The lowest BCUT2D eigenvalue weighted by atomic mass is 10.1. The van der Waals surface area contributed by atoms with Crippen molar-refractivity contribution < 1.29 is 14.3 Å². The van der Waals surface area contributed by atoms with Crippen molar-refractivity contribution in [3.63, 3.8) is 0 Å². The van der Waals surface area contributed by atoms with Crippen molar-refractivity contribution in [2.75, 3.05) is 17.7 Å². The van der Waals surface area contributed by atoms with Gasteiger partial charge in [0.25, 0.3) is 11.8 Å². The molecule has 0 fully saturated rings. The van der Waals surface area contributed by atoms with Crippen LogP contribution in [0.5, 0.6) is 5.75 Å². The smallest absolute Gasteiger partial charge is 0.266 e. The van der Waals surface area contributed by atoms with Crippen LogP contribution in [0, 0.1) is 0 Å². The molecule has 0 aliphatic carbocycles. The van der Waals surface area contributed by atoms with E-state index in [4.69, 9.17) is 4.74 Å². The number of methoxy groups -OCH3 is 1. The van der Waals surface area contributed by atoms with Gasteiger partial charge in [0.05, 0.1) is 23.2 Å². The molecule has 0 radical (unpaired) electrons. The zero-order valence-corrected chi connectivity index (χ0v) is 15.9. The summed E-state index contributed by atoms with van der Waals surface area (Å²) >= 11 is 1.40. The first-order valence-corrected chi connectivity index (χ1v) is 9.42. The van der Waals surface area contributed by atoms with Crippen LogP contribution in [0.15, 0.2) is 60.0 Å². The van der Waals surface area contributed by atoms with E-state index in [1.165, 1.54) is 11.3 Å². The Kier molecular flexibility index (Phi) is 5.88. The van der Waals surface area contributed by atoms with Crippen LogP contribution in [0.1, 0.15) is 32.5 Å². The van der Waals surface area contributed by atoms with Crippen molar-refractivity contribution in [1.82, 2.24) is 0 Å². The van der Waals surface area contributed by atoms with Crippen molar-refractivity contribution in [3.8, 4) is 5.75 Å². The second-order valence-corrected chi connectivity index (χ2v) is 6.73. The summed E-state index contributed by atoms with van der Waals surface area (Å²) in [5.74, 6) is 0.142. The first kappa shape index (κ1) is 18.7. The van der Waals surface area contributed by atoms with E-state index >= 15 is 0 Å². The Bertz CT molecular complexity index is 965. The van der Waals surface area contributed by atoms with Crippen molar-refractivity contribution >= 4 is 34.5 Å². The van der Waals surface area contributed by atoms with Gasteiger partial charge >= 0.3 is 0 Å². The van der Waals surface area contributed by atoms with E-state index in [2.05, 4.69) is 10.6 Å². The summed E-state index contributed by atoms with van der Waals surface area (Å²) in [4.78, 5) is 26.0. The molecule has 27 heavy (non-hydrogen) atoms. The Morgan fingerprint density at radius 3 is 2.59 bits per heavy atom. The van der Waals surface area contributed by atoms with Gasteiger partial charge in [-0.05, 0) is 47.7 Å². The third-order valence-electron chi connectivity index (χ3n) is 4.08. The van der Waals surface area contributed by atoms with Gasteiger partial charge in [0, 0.05) is 11.8 Å². The van der Waals surface area contributed by atoms with Crippen LogP contribution in [0.25, 0.3) is 0 Å². The number of rotatable bonds is 6. The lowest BCUT2D eigenvalue weighted by molar-refractivity contribution is 0.102. The Hall–Kier alpha value is -3.12. The maximum atomic E-state index is 12.7. The van der Waals surface area contributed by atoms with Crippen molar-refractivity contribution in [2.24, 2.45) is 0 Å². The predicted octanol–water partition coefficient (Wildman–Crippen LogP) is 4.82. The number of carbonyl (C=O) groups is 2. The number of hydrogen-bond donors (Lipinski definition) is 2. The molecule has 2 N–H and O–H groups in total. The number of nitrogens with one attached hydrogen (secondary N) is 2. The predicted molar refractivity (Wildman–Crippen MR) is 109 cm³/mol. The molecule has 3 rings (SSSR count). The van der Waals surface area contributed by atoms with E-state index in [-0.39, 0.29) is 11.8 Å². The summed E-state index contributed by atoms with van der Waals surface area (Å²) in [5.41, 5.74) is 2.48. The molecule has 0 atom stereocenters. The van der Waals surface area contributed by atoms with E-state index in [0.717, 1.165) is 12.0 Å². The van der Waals surface area contributed by atoms with Gasteiger partial charge in [-0.3, -0.25) is 9.59 Å². The summed E-state index contributed by atoms with van der Waals surface area (Å²) in [6.45, 7) is 2.01. The third-order valence-corrected chi connectivity index (χ3v) is 5.04. The molecule has 3 aromatic rings. The molecule has 0 aliphatic rings. The Morgan fingerprint density at radius 1 is 1.00 bits per heavy atom. The average Bonchev–Trinajstić information content (AvgIpc) is 3.17. The molecule has 2 amide bonds. The summed E-state index contributed by atoms with van der Waals surface area (Å²) in [7, 11) is 1.57. The largest absolute Gasteiger partial charge is 0.497 e. The van der Waals surface area contributed by atoms with Crippen LogP contribution in [-0.2, 0) is 6.42 Å². The molecule has 5 nitrogen and oxygen atoms in total. The number of anilines is 2. The standard InChI is InChI=1S/C21H20N2O3S/c1-3-14-11-12-27-19(14)21(25)23-18-10-5-4-9-17(18)20(24)22-15-7-6-8-16(13-15)26-2/h4-13H,3H2,1-2H3,(H,22,24)(H,23,25). The fraction of sp³-hybridized carbons (Fsp3) is 0.143. The maximum Gasteiger partial charge on any atom is 0.266 e. The molecule has 138 valence electrons. The number of para-hydroxylation sites is 1. The topological polar surface area (TPSA) is 67.4 Å². The van der Waals surface area contributed by atoms with Gasteiger partial charge in [-0.15, -0.1) is 11.3 Å². The Morgan fingerprint density at radius 2 is 1.81 bits per heavy atom. The van der Waals surface area contributed by atoms with Gasteiger partial charge in [0.15, 0.2) is 0 Å². The van der Waals surface area contributed by atoms with Crippen LogP contribution in [0.2, 0.25) is 0 Å². The minimum atomic E-state index is -0.305. The van der Waals surface area contributed by atoms with E-state index in [0.29, 0.717) is 27.6 Å². The number of aryl methyl sites for hydroxylation is 1. The van der Waals surface area contributed by atoms with Crippen molar-refractivity contribution in [3.05, 3.63) is 76.0 Å². The highest BCUT2D eigenvalue weighted by Crippen LogP contribution is 2.23. The molecule has 0 unspecified atom stereocenters. The molecule has 0 saturated heterocycles. The van der Waals surface area contributed by atoms with Crippen LogP contribution < -0.4 is 15.4 Å². The number of amides is 2. The number of ether oxygens (including phenoxy) is 1. The summed E-state index contributed by atoms with van der Waals surface area (Å²) < 4.78 is 5.17. The van der Waals surface area contributed by atoms with Gasteiger partial charge < -0.3 is 15.4 Å². The zero-order valence-electron chi connectivity index (χ0n) is 15.1. The lowest BCUT2D eigenvalue weighted by Crippen LogP contribution is -2.18. The molecule has 0 spiro atoms. The van der Waals surface area contributed by atoms with E-state index in [9.17, 15) is 9.59 Å². The third kappa shape index (κ3) is 4.35. The van der Waals surface area contributed by atoms with Crippen LogP contribution >= 0.6 is 11.3 Å². The van der Waals surface area contributed by atoms with E-state index in [1.807, 2.05) is 18.4 Å². The Labute approximate surface area is 162 Å². The summed E-state index contributed by atoms with van der Waals surface area (Å²) in [6, 6.07) is 16.0. The first-order valence-electron chi connectivity index (χ1n) is 8.54. The molecule has 1 heterocycles. The highest BCUT2D eigenvalue weighted by atomic mass is 32.1. The number of carbonyl (C=O) groups excluding carboxylic acids is 2. The lowest BCUT2D eigenvalue weighted by Gasteiger charge is -2.12. The molecule has 6 heteroatoms. The van der Waals surface area contributed by atoms with Crippen LogP contribution in [0.4, 0.5) is 11.4 Å². The molecule has 0 saturated carbocycles. The van der Waals surface area contributed by atoms with Crippen LogP contribution in [-0.4, -0.2) is 18.9 Å². The SMILES string of the molecule is CCc1ccsc1C(=O)Nc1ccccc1C(=O)Nc1cccc(OC)c1. The highest BCUT2D eigenvalue weighted by molar-refractivity contribution is 7.12. The Balaban J connectivity index is 1.81. The quantitative estimate of drug-likeness (QED) is 0.644. The number of benzene rings is 2. The molecule has 2 aromatic carbocycles. The normalized spacial score (nSPS) is 10.3. The molecule has 0 aliphatic heterocycles. The molecule has 0 bridgehead atoms. The van der Waals surface area contributed by atoms with Gasteiger partial charge in [-0.25, -0.2) is 0 Å². The second-order valence-electron chi connectivity index (χ2n) is 5.81. The fourth-order valence-electron chi connectivity index (χ4n) is 2.68. The average molecular weight is 380 g/mol. The van der Waals surface area contributed by atoms with Gasteiger partial charge in [0.1, 0.15) is 5.75 Å². The van der Waals surface area contributed by atoms with Crippen molar-refractivity contribution in [2.45, 2.75) is 13.3 Å². The molecule has 1 aromatic heterocycles. The van der Waals surface area contributed by atoms with E-state index < -0.39 is 0 Å². The monoisotopic (exact) mass is 380 g/mol. The van der Waals surface area contributed by atoms with E-state index in [1.54, 1.807) is 55.6 Å². The second kappa shape index (κ2) is 8.51. The number of hydrogen-bond acceptors (Lipinski definition) is 4. The maximum absolute atomic E-state index is 12.7. The minimum Gasteiger partial charge on any atom is -0.497 e. The summed E-state index contributed by atoms with van der Waals surface area (Å²) in [6.07, 6.45) is 0.782. The number of thiophene rings is 1. The highest BCUT2D eigenvalue weighted by Gasteiger charge is 2.17. The molecular weight excluding hydrogens is 360 g/mol. The van der Waals surface area contributed by atoms with Gasteiger partial charge in [0.2, 0.25) is 0 Å². The fourth-order valence-corrected chi connectivity index (χ4v) is 3.57. The zero-order chi connectivity index (χ0) is 19.2. The van der Waals surface area contributed by atoms with Gasteiger partial charge in [-0.1, -0.05) is 25.1 Å². The van der Waals surface area contributed by atoms with Gasteiger partial charge in [-0.2, -0.15) is 0 Å².